The van der Waals surface area contributed by atoms with E-state index in [-0.39, 0.29) is 11.9 Å². The van der Waals surface area contributed by atoms with Crippen molar-refractivity contribution in [2.75, 3.05) is 11.1 Å². The maximum Gasteiger partial charge on any atom is 0.125 e. The quantitative estimate of drug-likeness (QED) is 0.809. The van der Waals surface area contributed by atoms with Gasteiger partial charge in [0.2, 0.25) is 0 Å². The lowest BCUT2D eigenvalue weighted by atomic mass is 10.1. The van der Waals surface area contributed by atoms with Gasteiger partial charge in [-0.1, -0.05) is 41.9 Å². The molecule has 1 N–H and O–H groups in total. The minimum atomic E-state index is -0.286. The van der Waals surface area contributed by atoms with Crippen molar-refractivity contribution in [2.45, 2.75) is 10.9 Å². The number of anilines is 1. The third-order valence-corrected chi connectivity index (χ3v) is 4.38. The molecule has 4 heteroatoms. The summed E-state index contributed by atoms with van der Waals surface area (Å²) in [6.45, 7) is 0. The van der Waals surface area contributed by atoms with Crippen LogP contribution in [0.4, 0.5) is 10.1 Å². The molecular weight excluding hydrogens is 269 g/mol. The molecule has 92 valence electrons. The number of hydrogen-bond acceptors (Lipinski definition) is 2. The average molecular weight is 280 g/mol. The molecular formula is C14H11ClFNS. The largest absolute Gasteiger partial charge is 0.375 e. The number of fused-ring (bicyclic) bond motifs is 1. The van der Waals surface area contributed by atoms with Gasteiger partial charge in [0.05, 0.1) is 16.8 Å². The normalized spacial score (nSPS) is 18.0. The number of thioether (sulfide) groups is 1. The second-order valence-corrected chi connectivity index (χ2v) is 5.65. The van der Waals surface area contributed by atoms with Crippen molar-refractivity contribution in [3.63, 3.8) is 0 Å². The SMILES string of the molecule is Fc1cc(Cl)c2c(c1)SCC(c1ccccc1)N2. The average Bonchev–Trinajstić information content (AvgIpc) is 2.39. The molecule has 3 rings (SSSR count). The number of rotatable bonds is 1. The molecule has 1 unspecified atom stereocenters. The first kappa shape index (κ1) is 11.9. The fourth-order valence-electron chi connectivity index (χ4n) is 2.06. The maximum atomic E-state index is 13.2. The fourth-order valence-corrected chi connectivity index (χ4v) is 3.51. The second-order valence-electron chi connectivity index (χ2n) is 4.18. The van der Waals surface area contributed by atoms with Crippen LogP contribution >= 0.6 is 23.4 Å². The van der Waals surface area contributed by atoms with Gasteiger partial charge >= 0.3 is 0 Å². The van der Waals surface area contributed by atoms with Crippen molar-refractivity contribution < 1.29 is 4.39 Å². The van der Waals surface area contributed by atoms with Crippen LogP contribution in [0.15, 0.2) is 47.4 Å². The summed E-state index contributed by atoms with van der Waals surface area (Å²) in [6, 6.07) is 13.3. The first-order valence-corrected chi connectivity index (χ1v) is 7.04. The van der Waals surface area contributed by atoms with Crippen LogP contribution in [0.25, 0.3) is 0 Å². The summed E-state index contributed by atoms with van der Waals surface area (Å²) in [6.07, 6.45) is 0. The fraction of sp³-hybridized carbons (Fsp3) is 0.143. The number of halogens is 2. The van der Waals surface area contributed by atoms with E-state index in [1.807, 2.05) is 18.2 Å². The van der Waals surface area contributed by atoms with Crippen LogP contribution in [0.3, 0.4) is 0 Å². The Morgan fingerprint density at radius 2 is 2.00 bits per heavy atom. The summed E-state index contributed by atoms with van der Waals surface area (Å²) >= 11 is 7.72. The molecule has 1 aliphatic heterocycles. The highest BCUT2D eigenvalue weighted by Gasteiger charge is 2.22. The Labute approximate surface area is 114 Å². The zero-order valence-corrected chi connectivity index (χ0v) is 11.1. The van der Waals surface area contributed by atoms with Crippen molar-refractivity contribution in [2.24, 2.45) is 0 Å². The molecule has 0 aromatic heterocycles. The lowest BCUT2D eigenvalue weighted by Gasteiger charge is -2.27. The molecule has 1 heterocycles. The van der Waals surface area contributed by atoms with Gasteiger partial charge in [-0.25, -0.2) is 4.39 Å². The standard InChI is InChI=1S/C14H11ClFNS/c15-11-6-10(16)7-13-14(11)17-12(8-18-13)9-4-2-1-3-5-9/h1-7,12,17H,8H2. The predicted molar refractivity (Wildman–Crippen MR) is 74.9 cm³/mol. The molecule has 0 saturated carbocycles. The van der Waals surface area contributed by atoms with E-state index in [1.165, 1.54) is 17.7 Å². The third kappa shape index (κ3) is 2.20. The van der Waals surface area contributed by atoms with E-state index in [4.69, 9.17) is 11.6 Å². The zero-order valence-electron chi connectivity index (χ0n) is 9.49. The molecule has 0 amide bonds. The van der Waals surface area contributed by atoms with E-state index in [9.17, 15) is 4.39 Å². The summed E-state index contributed by atoms with van der Waals surface area (Å²) in [7, 11) is 0. The van der Waals surface area contributed by atoms with Gasteiger partial charge in [-0.2, -0.15) is 0 Å². The number of hydrogen-bond donors (Lipinski definition) is 1. The lowest BCUT2D eigenvalue weighted by Crippen LogP contribution is -2.18. The highest BCUT2D eigenvalue weighted by atomic mass is 35.5. The minimum absolute atomic E-state index is 0.215. The van der Waals surface area contributed by atoms with E-state index in [2.05, 4.69) is 17.4 Å². The molecule has 0 saturated heterocycles. The number of benzene rings is 2. The highest BCUT2D eigenvalue weighted by Crippen LogP contribution is 2.42. The van der Waals surface area contributed by atoms with Crippen molar-refractivity contribution in [3.8, 4) is 0 Å². The van der Waals surface area contributed by atoms with Gasteiger partial charge in [0, 0.05) is 10.6 Å². The van der Waals surface area contributed by atoms with Crippen LogP contribution < -0.4 is 5.32 Å². The van der Waals surface area contributed by atoms with Gasteiger partial charge in [-0.3, -0.25) is 0 Å². The Balaban J connectivity index is 1.94. The second kappa shape index (κ2) is 4.82. The Kier molecular flexibility index (Phi) is 3.18. The molecule has 0 radical (unpaired) electrons. The summed E-state index contributed by atoms with van der Waals surface area (Å²) in [5, 5.41) is 3.83. The maximum absolute atomic E-state index is 13.2. The molecule has 1 nitrogen and oxygen atoms in total. The Bertz CT molecular complexity index is 574. The molecule has 1 atom stereocenters. The highest BCUT2D eigenvalue weighted by molar-refractivity contribution is 7.99. The smallest absolute Gasteiger partial charge is 0.125 e. The topological polar surface area (TPSA) is 12.0 Å². The van der Waals surface area contributed by atoms with Gasteiger partial charge in [0.25, 0.3) is 0 Å². The van der Waals surface area contributed by atoms with E-state index >= 15 is 0 Å². The summed E-state index contributed by atoms with van der Waals surface area (Å²) in [5.41, 5.74) is 2.05. The summed E-state index contributed by atoms with van der Waals surface area (Å²) in [5.74, 6) is 0.586. The third-order valence-electron chi connectivity index (χ3n) is 2.94. The molecule has 2 aromatic rings. The first-order chi connectivity index (χ1) is 8.74. The van der Waals surface area contributed by atoms with Crippen molar-refractivity contribution in [1.29, 1.82) is 0 Å². The van der Waals surface area contributed by atoms with Gasteiger partial charge < -0.3 is 5.32 Å². The Morgan fingerprint density at radius 1 is 1.22 bits per heavy atom. The number of nitrogens with one attached hydrogen (secondary N) is 1. The molecule has 2 aromatic carbocycles. The monoisotopic (exact) mass is 279 g/mol. The van der Waals surface area contributed by atoms with Crippen LogP contribution in [0.1, 0.15) is 11.6 Å². The zero-order chi connectivity index (χ0) is 12.5. The molecule has 0 fully saturated rings. The Morgan fingerprint density at radius 3 is 2.78 bits per heavy atom. The van der Waals surface area contributed by atoms with E-state index in [0.717, 1.165) is 16.3 Å². The van der Waals surface area contributed by atoms with Crippen LogP contribution in [0.2, 0.25) is 5.02 Å². The van der Waals surface area contributed by atoms with Crippen molar-refractivity contribution in [3.05, 3.63) is 58.9 Å². The molecule has 0 bridgehead atoms. The lowest BCUT2D eigenvalue weighted by molar-refractivity contribution is 0.624. The van der Waals surface area contributed by atoms with Crippen molar-refractivity contribution >= 4 is 29.1 Å². The molecule has 1 aliphatic rings. The van der Waals surface area contributed by atoms with Crippen LogP contribution in [-0.2, 0) is 0 Å². The molecule has 0 spiro atoms. The van der Waals surface area contributed by atoms with Gasteiger partial charge in [-0.05, 0) is 17.7 Å². The van der Waals surface area contributed by atoms with Gasteiger partial charge in [0.15, 0.2) is 0 Å². The van der Waals surface area contributed by atoms with Crippen LogP contribution in [-0.4, -0.2) is 5.75 Å². The van der Waals surface area contributed by atoms with Gasteiger partial charge in [0.1, 0.15) is 5.82 Å². The van der Waals surface area contributed by atoms with Crippen molar-refractivity contribution in [1.82, 2.24) is 0 Å². The summed E-state index contributed by atoms with van der Waals surface area (Å²) < 4.78 is 13.2. The molecule has 0 aliphatic carbocycles. The van der Waals surface area contributed by atoms with Crippen LogP contribution in [0.5, 0.6) is 0 Å². The summed E-state index contributed by atoms with van der Waals surface area (Å²) in [4.78, 5) is 0.882. The predicted octanol–water partition coefficient (Wildman–Crippen LogP) is 4.74. The first-order valence-electron chi connectivity index (χ1n) is 5.67. The van der Waals surface area contributed by atoms with E-state index < -0.39 is 0 Å². The Hall–Kier alpha value is -1.19. The van der Waals surface area contributed by atoms with Gasteiger partial charge in [-0.15, -0.1) is 11.8 Å². The van der Waals surface area contributed by atoms with E-state index in [0.29, 0.717) is 5.02 Å². The minimum Gasteiger partial charge on any atom is -0.375 e. The van der Waals surface area contributed by atoms with Crippen LogP contribution in [0, 0.1) is 5.82 Å². The molecule has 18 heavy (non-hydrogen) atoms. The van der Waals surface area contributed by atoms with E-state index in [1.54, 1.807) is 11.8 Å².